The van der Waals surface area contributed by atoms with Crippen molar-refractivity contribution in [3.63, 3.8) is 0 Å². The molecule has 9 heteroatoms. The molecule has 2 aromatic carbocycles. The highest BCUT2D eigenvalue weighted by Crippen LogP contribution is 2.40. The summed E-state index contributed by atoms with van der Waals surface area (Å²) >= 11 is 12.5. The molecule has 1 aliphatic heterocycles. The number of fused-ring (bicyclic) bond motifs is 1. The van der Waals surface area contributed by atoms with Gasteiger partial charge in [0.05, 0.1) is 11.6 Å². The number of amides is 1. The standard InChI is InChI=1S/C18H12Cl2F2N4O/c19-11-2-1-3-12(20)15(11)9-7-10-16(23)26(25-17(10)24-18(9)27)8-4-5-13(21)14(22)6-8/h1-6,9H,7,23H2,(H,24,25,27). The van der Waals surface area contributed by atoms with Gasteiger partial charge in [-0.15, -0.1) is 5.10 Å². The van der Waals surface area contributed by atoms with Crippen LogP contribution in [0.25, 0.3) is 5.69 Å². The molecule has 3 N–H and O–H groups in total. The van der Waals surface area contributed by atoms with Gasteiger partial charge in [0.25, 0.3) is 0 Å². The highest BCUT2D eigenvalue weighted by molar-refractivity contribution is 6.36. The first kappa shape index (κ1) is 17.8. The lowest BCUT2D eigenvalue weighted by atomic mass is 9.89. The van der Waals surface area contributed by atoms with Crippen LogP contribution in [0, 0.1) is 11.6 Å². The minimum absolute atomic E-state index is 0.212. The normalized spacial score (nSPS) is 16.1. The zero-order valence-corrected chi connectivity index (χ0v) is 15.2. The van der Waals surface area contributed by atoms with Crippen molar-refractivity contribution in [1.82, 2.24) is 9.78 Å². The Morgan fingerprint density at radius 2 is 1.85 bits per heavy atom. The number of halogens is 4. The molecule has 0 saturated carbocycles. The SMILES string of the molecule is Nc1c2c(nn1-c1ccc(F)c(F)c1)NC(=O)C(c1c(Cl)cccc1Cl)C2. The summed E-state index contributed by atoms with van der Waals surface area (Å²) in [6.45, 7) is 0. The van der Waals surface area contributed by atoms with Gasteiger partial charge in [-0.3, -0.25) is 4.79 Å². The van der Waals surface area contributed by atoms with E-state index in [-0.39, 0.29) is 29.7 Å². The number of rotatable bonds is 2. The predicted molar refractivity (Wildman–Crippen MR) is 99.4 cm³/mol. The molecule has 5 nitrogen and oxygen atoms in total. The molecule has 138 valence electrons. The third kappa shape index (κ3) is 2.93. The summed E-state index contributed by atoms with van der Waals surface area (Å²) in [5.41, 5.74) is 7.48. The van der Waals surface area contributed by atoms with E-state index in [1.54, 1.807) is 18.2 Å². The highest BCUT2D eigenvalue weighted by Gasteiger charge is 2.34. The van der Waals surface area contributed by atoms with Crippen molar-refractivity contribution in [1.29, 1.82) is 0 Å². The van der Waals surface area contributed by atoms with Crippen molar-refractivity contribution < 1.29 is 13.6 Å². The van der Waals surface area contributed by atoms with Crippen molar-refractivity contribution >= 4 is 40.7 Å². The van der Waals surface area contributed by atoms with E-state index in [2.05, 4.69) is 10.4 Å². The minimum Gasteiger partial charge on any atom is -0.383 e. The molecule has 1 atom stereocenters. The lowest BCUT2D eigenvalue weighted by Gasteiger charge is -2.23. The van der Waals surface area contributed by atoms with Crippen LogP contribution in [0.15, 0.2) is 36.4 Å². The van der Waals surface area contributed by atoms with Gasteiger partial charge in [0.2, 0.25) is 5.91 Å². The lowest BCUT2D eigenvalue weighted by Crippen LogP contribution is -2.28. The maximum atomic E-state index is 13.6. The van der Waals surface area contributed by atoms with Gasteiger partial charge >= 0.3 is 0 Å². The molecule has 4 rings (SSSR count). The van der Waals surface area contributed by atoms with Crippen molar-refractivity contribution in [2.45, 2.75) is 12.3 Å². The maximum absolute atomic E-state index is 13.6. The first-order chi connectivity index (χ1) is 12.9. The van der Waals surface area contributed by atoms with E-state index < -0.39 is 17.6 Å². The Balaban J connectivity index is 1.78. The molecule has 0 aliphatic carbocycles. The van der Waals surface area contributed by atoms with Crippen molar-refractivity contribution in [2.24, 2.45) is 0 Å². The van der Waals surface area contributed by atoms with Crippen LogP contribution in [0.2, 0.25) is 10.0 Å². The first-order valence-corrected chi connectivity index (χ1v) is 8.70. The number of hydrogen-bond donors (Lipinski definition) is 2. The van der Waals surface area contributed by atoms with Crippen LogP contribution in [0.4, 0.5) is 20.4 Å². The highest BCUT2D eigenvalue weighted by atomic mass is 35.5. The molecule has 0 spiro atoms. The van der Waals surface area contributed by atoms with Crippen LogP contribution >= 0.6 is 23.2 Å². The monoisotopic (exact) mass is 408 g/mol. The largest absolute Gasteiger partial charge is 0.383 e. The van der Waals surface area contributed by atoms with Gasteiger partial charge in [0, 0.05) is 27.2 Å². The van der Waals surface area contributed by atoms with Crippen LogP contribution in [-0.2, 0) is 11.2 Å². The fourth-order valence-corrected chi connectivity index (χ4v) is 3.82. The fraction of sp³-hybridized carbons (Fsp3) is 0.111. The van der Waals surface area contributed by atoms with E-state index in [4.69, 9.17) is 28.9 Å². The Morgan fingerprint density at radius 1 is 1.15 bits per heavy atom. The number of nitrogens with zero attached hydrogens (tertiary/aromatic N) is 2. The second-order valence-corrected chi connectivity index (χ2v) is 6.92. The molecule has 1 amide bonds. The Bertz CT molecular complexity index is 1060. The smallest absolute Gasteiger partial charge is 0.233 e. The quantitative estimate of drug-likeness (QED) is 0.662. The zero-order chi connectivity index (χ0) is 19.3. The average molecular weight is 409 g/mol. The number of anilines is 2. The second-order valence-electron chi connectivity index (χ2n) is 6.10. The van der Waals surface area contributed by atoms with Gasteiger partial charge < -0.3 is 11.1 Å². The number of nitrogen functional groups attached to an aromatic ring is 1. The molecule has 1 aliphatic rings. The van der Waals surface area contributed by atoms with E-state index >= 15 is 0 Å². The van der Waals surface area contributed by atoms with Gasteiger partial charge in [-0.05, 0) is 30.7 Å². The number of aromatic nitrogens is 2. The van der Waals surface area contributed by atoms with Crippen molar-refractivity contribution in [3.05, 3.63) is 69.2 Å². The maximum Gasteiger partial charge on any atom is 0.233 e. The number of nitrogens with two attached hydrogens (primary N) is 1. The van der Waals surface area contributed by atoms with Crippen LogP contribution in [0.5, 0.6) is 0 Å². The first-order valence-electron chi connectivity index (χ1n) is 7.94. The zero-order valence-electron chi connectivity index (χ0n) is 13.6. The number of carbonyl (C=O) groups is 1. The van der Waals surface area contributed by atoms with Gasteiger partial charge in [-0.1, -0.05) is 29.3 Å². The van der Waals surface area contributed by atoms with Crippen molar-refractivity contribution in [2.75, 3.05) is 11.1 Å². The van der Waals surface area contributed by atoms with Gasteiger partial charge in [0.15, 0.2) is 17.5 Å². The van der Waals surface area contributed by atoms with E-state index in [9.17, 15) is 13.6 Å². The Hall–Kier alpha value is -2.64. The third-order valence-electron chi connectivity index (χ3n) is 4.49. The number of benzene rings is 2. The molecule has 27 heavy (non-hydrogen) atoms. The molecule has 0 saturated heterocycles. The Labute approximate surface area is 162 Å². The van der Waals surface area contributed by atoms with Gasteiger partial charge in [-0.2, -0.15) is 0 Å². The fourth-order valence-electron chi connectivity index (χ4n) is 3.16. The molecule has 1 aromatic heterocycles. The van der Waals surface area contributed by atoms with Crippen molar-refractivity contribution in [3.8, 4) is 5.69 Å². The molecular weight excluding hydrogens is 397 g/mol. The summed E-state index contributed by atoms with van der Waals surface area (Å²) < 4.78 is 28.0. The molecular formula is C18H12Cl2F2N4O. The van der Waals surface area contributed by atoms with Crippen LogP contribution < -0.4 is 11.1 Å². The Morgan fingerprint density at radius 3 is 2.52 bits per heavy atom. The summed E-state index contributed by atoms with van der Waals surface area (Å²) in [4.78, 5) is 12.6. The average Bonchev–Trinajstić information content (AvgIpc) is 2.93. The van der Waals surface area contributed by atoms with E-state index in [0.717, 1.165) is 12.1 Å². The van der Waals surface area contributed by atoms with Crippen LogP contribution in [0.3, 0.4) is 0 Å². The molecule has 0 fully saturated rings. The molecule has 3 aromatic rings. The third-order valence-corrected chi connectivity index (χ3v) is 5.14. The molecule has 1 unspecified atom stereocenters. The van der Waals surface area contributed by atoms with Gasteiger partial charge in [0.1, 0.15) is 5.82 Å². The number of carbonyl (C=O) groups excluding carboxylic acids is 1. The van der Waals surface area contributed by atoms with Gasteiger partial charge in [-0.25, -0.2) is 13.5 Å². The van der Waals surface area contributed by atoms with E-state index in [1.807, 2.05) is 0 Å². The Kier molecular flexibility index (Phi) is 4.28. The summed E-state index contributed by atoms with van der Waals surface area (Å²) in [6, 6.07) is 8.30. The summed E-state index contributed by atoms with van der Waals surface area (Å²) in [5.74, 6) is -2.50. The second kappa shape index (κ2) is 6.51. The lowest BCUT2D eigenvalue weighted by molar-refractivity contribution is -0.117. The van der Waals surface area contributed by atoms with Crippen LogP contribution in [-0.4, -0.2) is 15.7 Å². The van der Waals surface area contributed by atoms with E-state index in [1.165, 1.54) is 10.7 Å². The minimum atomic E-state index is -1.02. The van der Waals surface area contributed by atoms with E-state index in [0.29, 0.717) is 21.2 Å². The molecule has 0 bridgehead atoms. The summed E-state index contributed by atoms with van der Waals surface area (Å²) in [5, 5.41) is 7.65. The van der Waals surface area contributed by atoms with Crippen LogP contribution in [0.1, 0.15) is 17.0 Å². The number of hydrogen-bond acceptors (Lipinski definition) is 3. The topological polar surface area (TPSA) is 72.9 Å². The molecule has 0 radical (unpaired) electrons. The summed E-state index contributed by atoms with van der Waals surface area (Å²) in [6.07, 6.45) is 0.222. The summed E-state index contributed by atoms with van der Waals surface area (Å²) in [7, 11) is 0. The molecule has 2 heterocycles. The predicted octanol–water partition coefficient (Wildman–Crippen LogP) is 4.32. The number of nitrogens with one attached hydrogen (secondary N) is 1.